The number of fused-ring (bicyclic) bond motifs is 12. The predicted molar refractivity (Wildman–Crippen MR) is 347 cm³/mol. The van der Waals surface area contributed by atoms with Crippen molar-refractivity contribution in [1.29, 1.82) is 10.5 Å². The standard InChI is InChI=1S/C78H42F10N6/c1-38-21-24-57-50(26-38)46-13-5-9-17-54(46)91(57)61-31-42(36-89)32-62(65(61)67-69(79)73(83)77(87)74(84)70(67)80)92-55-18-10-6-14-47(55)51-30-41(22-25-58(51)92)29-44-35-52-48-15-7-11-19-56(48)94(60(52)28-40(44)3)64-34-43(37-90)33-63(66(64)68-71(81)75(85)78(88)76(86)72(68)82)93-53-16-8-4-12-45(53)49-23-20-39(2)27-59(49)93/h4-28,30-35H,29H2,1-3H3. The van der Waals surface area contributed by atoms with Gasteiger partial charge in [-0.2, -0.15) is 10.5 Å². The predicted octanol–water partition coefficient (Wildman–Crippen LogP) is 21.1. The summed E-state index contributed by atoms with van der Waals surface area (Å²) in [7, 11) is 0. The number of halogens is 10. The molecule has 0 radical (unpaired) electrons. The summed E-state index contributed by atoms with van der Waals surface area (Å²) in [6.45, 7) is 5.62. The molecule has 4 aromatic heterocycles. The average Bonchev–Trinajstić information content (AvgIpc) is 1.45. The van der Waals surface area contributed by atoms with E-state index in [0.717, 1.165) is 43.8 Å². The minimum Gasteiger partial charge on any atom is -0.308 e. The summed E-state index contributed by atoms with van der Waals surface area (Å²) in [4.78, 5) is 0. The van der Waals surface area contributed by atoms with Gasteiger partial charge in [-0.3, -0.25) is 0 Å². The molecule has 16 aromatic rings. The Hall–Kier alpha value is -11.9. The third-order valence-corrected chi connectivity index (χ3v) is 18.3. The first kappa shape index (κ1) is 57.3. The van der Waals surface area contributed by atoms with Crippen LogP contribution in [0.1, 0.15) is 38.9 Å². The molecule has 0 fully saturated rings. The number of para-hydroxylation sites is 4. The highest BCUT2D eigenvalue weighted by atomic mass is 19.2. The zero-order valence-electron chi connectivity index (χ0n) is 49.6. The lowest BCUT2D eigenvalue weighted by Gasteiger charge is -2.22. The van der Waals surface area contributed by atoms with E-state index in [-0.39, 0.29) is 51.4 Å². The molecule has 16 heteroatoms. The van der Waals surface area contributed by atoms with E-state index in [1.54, 1.807) is 91.1 Å². The Kier molecular flexibility index (Phi) is 12.9. The fraction of sp³-hybridized carbons (Fsp3) is 0.0513. The van der Waals surface area contributed by atoms with Gasteiger partial charge in [0.05, 0.1) is 101 Å². The minimum atomic E-state index is -2.34. The van der Waals surface area contributed by atoms with Crippen LogP contribution in [0.3, 0.4) is 0 Å². The fourth-order valence-corrected chi connectivity index (χ4v) is 14.1. The molecule has 0 aliphatic carbocycles. The van der Waals surface area contributed by atoms with Crippen LogP contribution in [0.15, 0.2) is 188 Å². The van der Waals surface area contributed by atoms with Gasteiger partial charge in [-0.15, -0.1) is 0 Å². The summed E-state index contributed by atoms with van der Waals surface area (Å²) in [5.41, 5.74) is 4.59. The number of benzene rings is 12. The van der Waals surface area contributed by atoms with E-state index < -0.39 is 69.3 Å². The molecule has 16 rings (SSSR count). The maximum absolute atomic E-state index is 16.9. The first-order valence-corrected chi connectivity index (χ1v) is 29.7. The third-order valence-electron chi connectivity index (χ3n) is 18.3. The molecule has 12 aromatic carbocycles. The van der Waals surface area contributed by atoms with Gasteiger partial charge in [0.2, 0.25) is 11.6 Å². The van der Waals surface area contributed by atoms with Crippen molar-refractivity contribution >= 4 is 87.2 Å². The SMILES string of the molecule is Cc1ccc2c(c1)c1ccccc1n2-c1cc(C#N)cc(-n2c3ccccc3c3cc(Cc4cc5c6ccccc6n(-c6cc(C#N)cc(-n7c8ccccc8c8ccc(C)cc87)c6-c6c(F)c(F)c(F)c(F)c6F)c5cc4C)ccc32)c1-c1c(F)c(F)c(F)c(F)c1F. The first-order valence-electron chi connectivity index (χ1n) is 29.7. The summed E-state index contributed by atoms with van der Waals surface area (Å²) < 4.78 is 168. The van der Waals surface area contributed by atoms with Crippen molar-refractivity contribution in [3.63, 3.8) is 0 Å². The normalized spacial score (nSPS) is 11.9. The number of hydrogen-bond acceptors (Lipinski definition) is 2. The average molecular weight is 1250 g/mol. The molecule has 0 saturated heterocycles. The van der Waals surface area contributed by atoms with Gasteiger partial charge < -0.3 is 18.3 Å². The topological polar surface area (TPSA) is 67.3 Å². The number of aromatic nitrogens is 4. The number of rotatable bonds is 8. The molecule has 0 aliphatic rings. The van der Waals surface area contributed by atoms with Crippen LogP contribution < -0.4 is 0 Å². The molecule has 0 N–H and O–H groups in total. The van der Waals surface area contributed by atoms with Crippen LogP contribution in [-0.2, 0) is 6.42 Å². The summed E-state index contributed by atoms with van der Waals surface area (Å²) in [5.74, 6) is -21.6. The molecule has 0 amide bonds. The van der Waals surface area contributed by atoms with E-state index in [4.69, 9.17) is 0 Å². The largest absolute Gasteiger partial charge is 0.308 e. The minimum absolute atomic E-state index is 0.00987. The molecule has 0 saturated carbocycles. The van der Waals surface area contributed by atoms with E-state index in [0.29, 0.717) is 71.2 Å². The van der Waals surface area contributed by atoms with Gasteiger partial charge in [0.1, 0.15) is 0 Å². The van der Waals surface area contributed by atoms with Crippen molar-refractivity contribution in [1.82, 2.24) is 18.3 Å². The van der Waals surface area contributed by atoms with E-state index in [2.05, 4.69) is 12.1 Å². The van der Waals surface area contributed by atoms with Gasteiger partial charge in [0.25, 0.3) is 0 Å². The molecule has 0 unspecified atom stereocenters. The molecular formula is C78H42F10N6. The van der Waals surface area contributed by atoms with E-state index in [1.807, 2.05) is 112 Å². The summed E-state index contributed by atoms with van der Waals surface area (Å²) in [6.07, 6.45) is 0.269. The van der Waals surface area contributed by atoms with Crippen LogP contribution >= 0.6 is 0 Å². The van der Waals surface area contributed by atoms with Gasteiger partial charge in [0.15, 0.2) is 46.5 Å². The second kappa shape index (κ2) is 21.1. The van der Waals surface area contributed by atoms with Crippen LogP contribution in [0.25, 0.3) is 132 Å². The van der Waals surface area contributed by atoms with Gasteiger partial charge in [-0.05, 0) is 140 Å². The molecular weight excluding hydrogens is 1210 g/mol. The zero-order valence-corrected chi connectivity index (χ0v) is 49.6. The monoisotopic (exact) mass is 1250 g/mol. The molecule has 0 bridgehead atoms. The van der Waals surface area contributed by atoms with Crippen molar-refractivity contribution in [2.24, 2.45) is 0 Å². The molecule has 0 atom stereocenters. The Morgan fingerprint density at radius 1 is 0.287 bits per heavy atom. The maximum Gasteiger partial charge on any atom is 0.200 e. The lowest BCUT2D eigenvalue weighted by Crippen LogP contribution is -2.10. The van der Waals surface area contributed by atoms with Crippen LogP contribution in [0.4, 0.5) is 43.9 Å². The van der Waals surface area contributed by atoms with Crippen molar-refractivity contribution < 1.29 is 43.9 Å². The van der Waals surface area contributed by atoms with E-state index in [1.165, 1.54) is 24.3 Å². The number of hydrogen-bond donors (Lipinski definition) is 0. The molecule has 0 aliphatic heterocycles. The van der Waals surface area contributed by atoms with Crippen molar-refractivity contribution in [2.75, 3.05) is 0 Å². The Balaban J connectivity index is 0.914. The molecule has 6 nitrogen and oxygen atoms in total. The smallest absolute Gasteiger partial charge is 0.200 e. The van der Waals surface area contributed by atoms with Crippen LogP contribution in [0.5, 0.6) is 0 Å². The Morgan fingerprint density at radius 2 is 0.606 bits per heavy atom. The fourth-order valence-electron chi connectivity index (χ4n) is 14.1. The Bertz CT molecular complexity index is 6110. The Morgan fingerprint density at radius 3 is 1.04 bits per heavy atom. The van der Waals surface area contributed by atoms with Crippen molar-refractivity contribution in [2.45, 2.75) is 27.2 Å². The van der Waals surface area contributed by atoms with Gasteiger partial charge in [0, 0.05) is 54.2 Å². The van der Waals surface area contributed by atoms with Gasteiger partial charge in [-0.1, -0.05) is 103 Å². The molecule has 4 heterocycles. The lowest BCUT2D eigenvalue weighted by atomic mass is 9.95. The molecule has 454 valence electrons. The van der Waals surface area contributed by atoms with Gasteiger partial charge in [-0.25, -0.2) is 43.9 Å². The summed E-state index contributed by atoms with van der Waals surface area (Å²) in [5, 5.41) is 27.1. The van der Waals surface area contributed by atoms with Crippen LogP contribution in [-0.4, -0.2) is 18.3 Å². The number of nitriles is 2. The number of aryl methyl sites for hydroxylation is 3. The molecule has 0 spiro atoms. The highest BCUT2D eigenvalue weighted by molar-refractivity contribution is 6.15. The highest BCUT2D eigenvalue weighted by Gasteiger charge is 2.35. The van der Waals surface area contributed by atoms with Crippen LogP contribution in [0, 0.1) is 102 Å². The summed E-state index contributed by atoms with van der Waals surface area (Å²) >= 11 is 0. The number of nitrogens with zero attached hydrogens (tertiary/aromatic N) is 6. The lowest BCUT2D eigenvalue weighted by molar-refractivity contribution is 0.381. The second-order valence-electron chi connectivity index (χ2n) is 23.7. The van der Waals surface area contributed by atoms with E-state index >= 15 is 43.9 Å². The maximum atomic E-state index is 16.9. The van der Waals surface area contributed by atoms with E-state index in [9.17, 15) is 10.5 Å². The first-order chi connectivity index (χ1) is 45.5. The Labute approximate surface area is 527 Å². The summed E-state index contributed by atoms with van der Waals surface area (Å²) in [6, 6.07) is 59.2. The van der Waals surface area contributed by atoms with Crippen molar-refractivity contribution in [3.05, 3.63) is 285 Å². The third kappa shape index (κ3) is 8.21. The highest BCUT2D eigenvalue weighted by Crippen LogP contribution is 2.49. The van der Waals surface area contributed by atoms with Crippen molar-refractivity contribution in [3.8, 4) is 57.1 Å². The quantitative estimate of drug-likeness (QED) is 0.0864. The molecule has 94 heavy (non-hydrogen) atoms. The zero-order chi connectivity index (χ0) is 65.0. The second-order valence-corrected chi connectivity index (χ2v) is 23.7. The van der Waals surface area contributed by atoms with Gasteiger partial charge >= 0.3 is 0 Å². The van der Waals surface area contributed by atoms with Crippen LogP contribution in [0.2, 0.25) is 0 Å².